The Balaban J connectivity index is 1.82. The molecule has 1 aliphatic heterocycles. The lowest BCUT2D eigenvalue weighted by Gasteiger charge is -2.34. The standard InChI is InChI=1S/C17H19ClN2O3/c1-10-8-20(9-11(2)22-10)17(21)16-6-5-15(23-16)13-4-3-12(19)7-14(13)18/h3-7,10-11H,8-9,19H2,1-2H3/t10-,11-/m0/s1. The maximum Gasteiger partial charge on any atom is 0.289 e. The summed E-state index contributed by atoms with van der Waals surface area (Å²) >= 11 is 6.19. The Morgan fingerprint density at radius 3 is 2.57 bits per heavy atom. The number of nitrogen functional groups attached to an aromatic ring is 1. The second kappa shape index (κ2) is 6.26. The van der Waals surface area contributed by atoms with Crippen molar-refractivity contribution < 1.29 is 13.9 Å². The molecule has 1 aliphatic rings. The molecule has 1 aromatic heterocycles. The molecule has 5 nitrogen and oxygen atoms in total. The van der Waals surface area contributed by atoms with Gasteiger partial charge in [0.15, 0.2) is 5.76 Å². The quantitative estimate of drug-likeness (QED) is 0.854. The predicted molar refractivity (Wildman–Crippen MR) is 89.5 cm³/mol. The summed E-state index contributed by atoms with van der Waals surface area (Å²) in [5.41, 5.74) is 6.99. The fraction of sp³-hybridized carbons (Fsp3) is 0.353. The van der Waals surface area contributed by atoms with E-state index in [1.165, 1.54) is 0 Å². The van der Waals surface area contributed by atoms with E-state index in [-0.39, 0.29) is 18.1 Å². The smallest absolute Gasteiger partial charge is 0.289 e. The van der Waals surface area contributed by atoms with Crippen LogP contribution in [0.4, 0.5) is 5.69 Å². The Bertz CT molecular complexity index is 718. The van der Waals surface area contributed by atoms with Crippen LogP contribution in [0.3, 0.4) is 0 Å². The van der Waals surface area contributed by atoms with Crippen molar-refractivity contribution in [2.24, 2.45) is 0 Å². The minimum absolute atomic E-state index is 0.0173. The SMILES string of the molecule is C[C@H]1CN(C(=O)c2ccc(-c3ccc(N)cc3Cl)o2)C[C@H](C)O1. The monoisotopic (exact) mass is 334 g/mol. The fourth-order valence-electron chi connectivity index (χ4n) is 2.83. The van der Waals surface area contributed by atoms with Crippen LogP contribution in [-0.2, 0) is 4.74 Å². The minimum atomic E-state index is -0.134. The summed E-state index contributed by atoms with van der Waals surface area (Å²) in [6, 6.07) is 8.61. The summed E-state index contributed by atoms with van der Waals surface area (Å²) in [6.45, 7) is 5.03. The molecule has 2 aromatic rings. The second-order valence-electron chi connectivity index (χ2n) is 5.87. The third-order valence-electron chi connectivity index (χ3n) is 3.78. The highest BCUT2D eigenvalue weighted by Crippen LogP contribution is 2.31. The van der Waals surface area contributed by atoms with Gasteiger partial charge in [0, 0.05) is 24.3 Å². The van der Waals surface area contributed by atoms with Crippen molar-refractivity contribution in [2.45, 2.75) is 26.1 Å². The van der Waals surface area contributed by atoms with Crippen molar-refractivity contribution in [1.82, 2.24) is 4.90 Å². The summed E-state index contributed by atoms with van der Waals surface area (Å²) in [6.07, 6.45) is 0.0346. The molecule has 6 heteroatoms. The Hall–Kier alpha value is -1.98. The van der Waals surface area contributed by atoms with Gasteiger partial charge < -0.3 is 19.8 Å². The molecule has 0 spiro atoms. The van der Waals surface area contributed by atoms with Gasteiger partial charge in [0.25, 0.3) is 5.91 Å². The average molecular weight is 335 g/mol. The first-order chi connectivity index (χ1) is 10.9. The average Bonchev–Trinajstić information content (AvgIpc) is 2.95. The molecule has 2 N–H and O–H groups in total. The molecule has 1 amide bonds. The number of carbonyl (C=O) groups excluding carboxylic acids is 1. The number of nitrogens with zero attached hydrogens (tertiary/aromatic N) is 1. The van der Waals surface area contributed by atoms with E-state index in [1.807, 2.05) is 13.8 Å². The van der Waals surface area contributed by atoms with Gasteiger partial charge in [-0.15, -0.1) is 0 Å². The van der Waals surface area contributed by atoms with Crippen LogP contribution in [0.5, 0.6) is 0 Å². The molecule has 122 valence electrons. The highest BCUT2D eigenvalue weighted by molar-refractivity contribution is 6.33. The lowest BCUT2D eigenvalue weighted by molar-refractivity contribution is -0.0592. The largest absolute Gasteiger partial charge is 0.451 e. The van der Waals surface area contributed by atoms with Crippen molar-refractivity contribution >= 4 is 23.2 Å². The Morgan fingerprint density at radius 1 is 1.22 bits per heavy atom. The van der Waals surface area contributed by atoms with Gasteiger partial charge in [-0.1, -0.05) is 11.6 Å². The number of hydrogen-bond donors (Lipinski definition) is 1. The summed E-state index contributed by atoms with van der Waals surface area (Å²) in [4.78, 5) is 14.4. The van der Waals surface area contributed by atoms with Gasteiger partial charge in [-0.25, -0.2) is 0 Å². The van der Waals surface area contributed by atoms with Crippen LogP contribution in [0.1, 0.15) is 24.4 Å². The van der Waals surface area contributed by atoms with Crippen LogP contribution < -0.4 is 5.73 Å². The molecule has 0 aliphatic carbocycles. The van der Waals surface area contributed by atoms with Gasteiger partial charge in [-0.3, -0.25) is 4.79 Å². The van der Waals surface area contributed by atoms with E-state index in [0.29, 0.717) is 40.9 Å². The van der Waals surface area contributed by atoms with Gasteiger partial charge in [0.2, 0.25) is 0 Å². The van der Waals surface area contributed by atoms with E-state index < -0.39 is 0 Å². The fourth-order valence-corrected chi connectivity index (χ4v) is 3.11. The normalized spacial score (nSPS) is 21.4. The van der Waals surface area contributed by atoms with E-state index in [1.54, 1.807) is 35.2 Å². The van der Waals surface area contributed by atoms with Crippen LogP contribution in [0.15, 0.2) is 34.7 Å². The zero-order chi connectivity index (χ0) is 16.6. The topological polar surface area (TPSA) is 68.7 Å². The number of ether oxygens (including phenoxy) is 1. The number of anilines is 1. The van der Waals surface area contributed by atoms with Crippen molar-refractivity contribution in [2.75, 3.05) is 18.8 Å². The Labute approximate surface area is 140 Å². The van der Waals surface area contributed by atoms with Crippen LogP contribution >= 0.6 is 11.6 Å². The summed E-state index contributed by atoms with van der Waals surface area (Å²) in [5, 5.41) is 0.493. The predicted octanol–water partition coefficient (Wildman–Crippen LogP) is 3.43. The highest BCUT2D eigenvalue weighted by Gasteiger charge is 2.28. The van der Waals surface area contributed by atoms with E-state index in [4.69, 9.17) is 26.5 Å². The first-order valence-corrected chi connectivity index (χ1v) is 7.92. The highest BCUT2D eigenvalue weighted by atomic mass is 35.5. The molecule has 1 fully saturated rings. The van der Waals surface area contributed by atoms with Gasteiger partial charge in [0.05, 0.1) is 17.2 Å². The number of rotatable bonds is 2. The van der Waals surface area contributed by atoms with E-state index in [0.717, 1.165) is 0 Å². The summed E-state index contributed by atoms with van der Waals surface area (Å²) in [5.74, 6) is 0.715. The van der Waals surface area contributed by atoms with Crippen molar-refractivity contribution in [3.8, 4) is 11.3 Å². The number of carbonyl (C=O) groups is 1. The molecular weight excluding hydrogens is 316 g/mol. The summed E-state index contributed by atoms with van der Waals surface area (Å²) < 4.78 is 11.4. The first kappa shape index (κ1) is 15.9. The number of morpholine rings is 1. The molecule has 2 atom stereocenters. The summed E-state index contributed by atoms with van der Waals surface area (Å²) in [7, 11) is 0. The van der Waals surface area contributed by atoms with Gasteiger partial charge in [-0.2, -0.15) is 0 Å². The van der Waals surface area contributed by atoms with Gasteiger partial charge >= 0.3 is 0 Å². The van der Waals surface area contributed by atoms with Gasteiger partial charge in [-0.05, 0) is 44.2 Å². The van der Waals surface area contributed by atoms with Crippen molar-refractivity contribution in [3.63, 3.8) is 0 Å². The molecule has 1 saturated heterocycles. The zero-order valence-electron chi connectivity index (χ0n) is 13.1. The molecule has 0 bridgehead atoms. The number of furan rings is 1. The molecular formula is C17H19ClN2O3. The number of nitrogens with two attached hydrogens (primary N) is 1. The van der Waals surface area contributed by atoms with Crippen LogP contribution in [-0.4, -0.2) is 36.1 Å². The van der Waals surface area contributed by atoms with Crippen molar-refractivity contribution in [3.05, 3.63) is 41.1 Å². The lowest BCUT2D eigenvalue weighted by Crippen LogP contribution is -2.48. The minimum Gasteiger partial charge on any atom is -0.451 e. The lowest BCUT2D eigenvalue weighted by atomic mass is 10.1. The van der Waals surface area contributed by atoms with Gasteiger partial charge in [0.1, 0.15) is 5.76 Å². The first-order valence-electron chi connectivity index (χ1n) is 7.54. The van der Waals surface area contributed by atoms with Crippen LogP contribution in [0.25, 0.3) is 11.3 Å². The van der Waals surface area contributed by atoms with E-state index >= 15 is 0 Å². The van der Waals surface area contributed by atoms with Crippen molar-refractivity contribution in [1.29, 1.82) is 0 Å². The number of halogens is 1. The Morgan fingerprint density at radius 2 is 1.91 bits per heavy atom. The van der Waals surface area contributed by atoms with E-state index in [9.17, 15) is 4.79 Å². The maximum absolute atomic E-state index is 12.6. The number of benzene rings is 1. The second-order valence-corrected chi connectivity index (χ2v) is 6.28. The van der Waals surface area contributed by atoms with E-state index in [2.05, 4.69) is 0 Å². The molecule has 0 radical (unpaired) electrons. The molecule has 23 heavy (non-hydrogen) atoms. The zero-order valence-corrected chi connectivity index (χ0v) is 13.8. The molecule has 0 unspecified atom stereocenters. The molecule has 0 saturated carbocycles. The third kappa shape index (κ3) is 3.35. The molecule has 2 heterocycles. The third-order valence-corrected chi connectivity index (χ3v) is 4.09. The number of hydrogen-bond acceptors (Lipinski definition) is 4. The molecule has 1 aromatic carbocycles. The number of amides is 1. The van der Waals surface area contributed by atoms with Crippen LogP contribution in [0.2, 0.25) is 5.02 Å². The Kier molecular flexibility index (Phi) is 4.33. The maximum atomic E-state index is 12.6. The molecule has 3 rings (SSSR count). The van der Waals surface area contributed by atoms with Crippen LogP contribution in [0, 0.1) is 0 Å².